The van der Waals surface area contributed by atoms with E-state index in [-0.39, 0.29) is 11.7 Å². The Bertz CT molecular complexity index is 941. The van der Waals surface area contributed by atoms with Crippen molar-refractivity contribution in [1.82, 2.24) is 15.2 Å². The molecule has 6 heteroatoms. The van der Waals surface area contributed by atoms with Crippen molar-refractivity contribution in [3.8, 4) is 17.2 Å². The first-order valence-corrected chi connectivity index (χ1v) is 8.65. The zero-order chi connectivity index (χ0) is 17.9. The Morgan fingerprint density at radius 3 is 2.88 bits per heavy atom. The van der Waals surface area contributed by atoms with E-state index in [1.165, 1.54) is 12.1 Å². The fourth-order valence-electron chi connectivity index (χ4n) is 3.61. The zero-order valence-electron chi connectivity index (χ0n) is 14.2. The summed E-state index contributed by atoms with van der Waals surface area (Å²) in [7, 11) is 0. The summed E-state index contributed by atoms with van der Waals surface area (Å²) in [6.45, 7) is 1.64. The molecule has 3 aromatic rings. The Morgan fingerprint density at radius 2 is 2.08 bits per heavy atom. The molecule has 0 amide bonds. The van der Waals surface area contributed by atoms with Crippen LogP contribution >= 0.6 is 0 Å². The lowest BCUT2D eigenvalue weighted by molar-refractivity contribution is 0.498. The molecule has 1 aliphatic rings. The molecule has 1 aliphatic heterocycles. The van der Waals surface area contributed by atoms with E-state index in [9.17, 15) is 9.65 Å². The summed E-state index contributed by atoms with van der Waals surface area (Å²) >= 11 is 0. The largest absolute Gasteiger partial charge is 0.355 e. The van der Waals surface area contributed by atoms with Crippen LogP contribution in [-0.4, -0.2) is 28.3 Å². The van der Waals surface area contributed by atoms with Gasteiger partial charge in [-0.15, -0.1) is 0 Å². The minimum Gasteiger partial charge on any atom is -0.355 e. The molecule has 0 radical (unpaired) electrons. The van der Waals surface area contributed by atoms with Crippen LogP contribution in [-0.2, 0) is 0 Å². The van der Waals surface area contributed by atoms with Crippen LogP contribution in [0.2, 0.25) is 0 Å². The van der Waals surface area contributed by atoms with Gasteiger partial charge in [-0.3, -0.25) is 5.10 Å². The first kappa shape index (κ1) is 16.3. The van der Waals surface area contributed by atoms with Crippen LogP contribution in [0.5, 0.6) is 0 Å². The van der Waals surface area contributed by atoms with Crippen molar-refractivity contribution in [3.63, 3.8) is 0 Å². The lowest BCUT2D eigenvalue weighted by Gasteiger charge is -2.34. The molecular formula is C20H18FN5. The van der Waals surface area contributed by atoms with Gasteiger partial charge in [0.25, 0.3) is 0 Å². The number of nitrogens with zero attached hydrogens (tertiary/aromatic N) is 4. The molecule has 0 spiro atoms. The van der Waals surface area contributed by atoms with Crippen LogP contribution in [0, 0.1) is 17.1 Å². The highest BCUT2D eigenvalue weighted by atomic mass is 19.1. The molecule has 2 aromatic heterocycles. The van der Waals surface area contributed by atoms with Gasteiger partial charge in [-0.25, -0.2) is 9.37 Å². The maximum Gasteiger partial charge on any atom is 0.146 e. The van der Waals surface area contributed by atoms with Gasteiger partial charge in [0.05, 0.1) is 11.8 Å². The molecule has 0 bridgehead atoms. The number of halogens is 1. The van der Waals surface area contributed by atoms with E-state index >= 15 is 0 Å². The molecule has 1 saturated heterocycles. The average molecular weight is 347 g/mol. The van der Waals surface area contributed by atoms with Gasteiger partial charge < -0.3 is 4.90 Å². The summed E-state index contributed by atoms with van der Waals surface area (Å²) in [6, 6.07) is 12.3. The highest BCUT2D eigenvalue weighted by Gasteiger charge is 2.27. The molecule has 5 nitrogen and oxygen atoms in total. The molecule has 1 aromatic carbocycles. The van der Waals surface area contributed by atoms with E-state index in [1.807, 2.05) is 0 Å². The van der Waals surface area contributed by atoms with Crippen molar-refractivity contribution in [3.05, 3.63) is 65.9 Å². The average Bonchev–Trinajstić information content (AvgIpc) is 3.18. The summed E-state index contributed by atoms with van der Waals surface area (Å²) in [6.07, 6.45) is 5.55. The van der Waals surface area contributed by atoms with Gasteiger partial charge in [-0.2, -0.15) is 10.4 Å². The topological polar surface area (TPSA) is 68.6 Å². The van der Waals surface area contributed by atoms with E-state index in [1.54, 1.807) is 36.7 Å². The maximum absolute atomic E-state index is 13.2. The van der Waals surface area contributed by atoms with Crippen molar-refractivity contribution < 1.29 is 4.39 Å². The molecule has 0 unspecified atom stereocenters. The number of hydrogen-bond donors (Lipinski definition) is 1. The van der Waals surface area contributed by atoms with Gasteiger partial charge in [-0.1, -0.05) is 12.1 Å². The van der Waals surface area contributed by atoms with Crippen LogP contribution in [0.1, 0.15) is 30.0 Å². The fraction of sp³-hybridized carbons (Fsp3) is 0.250. The Kier molecular flexibility index (Phi) is 4.36. The van der Waals surface area contributed by atoms with Gasteiger partial charge in [0.15, 0.2) is 0 Å². The summed E-state index contributed by atoms with van der Waals surface area (Å²) in [4.78, 5) is 6.58. The number of anilines is 1. The van der Waals surface area contributed by atoms with Gasteiger partial charge in [0, 0.05) is 36.5 Å². The predicted molar refractivity (Wildman–Crippen MR) is 97.1 cm³/mol. The highest BCUT2D eigenvalue weighted by molar-refractivity contribution is 5.66. The van der Waals surface area contributed by atoms with Crippen LogP contribution < -0.4 is 4.90 Å². The second-order valence-electron chi connectivity index (χ2n) is 6.48. The Labute approximate surface area is 151 Å². The van der Waals surface area contributed by atoms with Gasteiger partial charge in [0.2, 0.25) is 0 Å². The third-order valence-corrected chi connectivity index (χ3v) is 4.86. The highest BCUT2D eigenvalue weighted by Crippen LogP contribution is 2.34. The number of pyridine rings is 1. The number of aromatic amines is 1. The van der Waals surface area contributed by atoms with E-state index in [2.05, 4.69) is 26.2 Å². The molecule has 1 fully saturated rings. The van der Waals surface area contributed by atoms with Crippen molar-refractivity contribution in [1.29, 1.82) is 5.26 Å². The van der Waals surface area contributed by atoms with Crippen LogP contribution in [0.4, 0.5) is 10.2 Å². The van der Waals surface area contributed by atoms with E-state index < -0.39 is 0 Å². The Balaban J connectivity index is 1.63. The van der Waals surface area contributed by atoms with E-state index in [4.69, 9.17) is 0 Å². The molecule has 130 valence electrons. The van der Waals surface area contributed by atoms with Crippen molar-refractivity contribution in [2.45, 2.75) is 18.8 Å². The molecule has 0 saturated carbocycles. The number of piperidine rings is 1. The normalized spacial score (nSPS) is 17.1. The smallest absolute Gasteiger partial charge is 0.146 e. The fourth-order valence-corrected chi connectivity index (χ4v) is 3.61. The second-order valence-corrected chi connectivity index (χ2v) is 6.48. The number of nitriles is 1. The third-order valence-electron chi connectivity index (χ3n) is 4.86. The lowest BCUT2D eigenvalue weighted by Crippen LogP contribution is -2.35. The zero-order valence-corrected chi connectivity index (χ0v) is 14.2. The Hall–Kier alpha value is -3.20. The minimum absolute atomic E-state index is 0.248. The van der Waals surface area contributed by atoms with Crippen LogP contribution in [0.25, 0.3) is 11.1 Å². The molecule has 4 rings (SSSR count). The summed E-state index contributed by atoms with van der Waals surface area (Å²) in [5.41, 5.74) is 3.59. The van der Waals surface area contributed by atoms with Gasteiger partial charge in [-0.05, 0) is 42.7 Å². The molecule has 26 heavy (non-hydrogen) atoms. The van der Waals surface area contributed by atoms with Crippen molar-refractivity contribution in [2.75, 3.05) is 18.0 Å². The standard InChI is InChI=1S/C20H18FN5/c21-17-7-5-14(6-8-17)18-12-24-25-19(18)16-4-2-10-26(13-16)20-15(11-22)3-1-9-23-20/h1,3,5-9,12,16H,2,4,10,13H2,(H,24,25)/t16-/m1/s1. The number of benzene rings is 1. The second kappa shape index (κ2) is 6.96. The quantitative estimate of drug-likeness (QED) is 0.781. The van der Waals surface area contributed by atoms with Crippen LogP contribution in [0.3, 0.4) is 0 Å². The van der Waals surface area contributed by atoms with Crippen LogP contribution in [0.15, 0.2) is 48.8 Å². The monoisotopic (exact) mass is 347 g/mol. The SMILES string of the molecule is N#Cc1cccnc1N1CCC[C@@H](c2[nH]ncc2-c2ccc(F)cc2)C1. The number of nitrogens with one attached hydrogen (secondary N) is 1. The lowest BCUT2D eigenvalue weighted by atomic mass is 9.90. The van der Waals surface area contributed by atoms with Gasteiger partial charge in [0.1, 0.15) is 17.7 Å². The first-order valence-electron chi connectivity index (χ1n) is 8.65. The molecule has 1 N–H and O–H groups in total. The number of rotatable bonds is 3. The predicted octanol–water partition coefficient (Wildman–Crippen LogP) is 3.87. The minimum atomic E-state index is -0.248. The van der Waals surface area contributed by atoms with Gasteiger partial charge >= 0.3 is 0 Å². The van der Waals surface area contributed by atoms with Crippen molar-refractivity contribution in [2.24, 2.45) is 0 Å². The number of aromatic nitrogens is 3. The Morgan fingerprint density at radius 1 is 1.23 bits per heavy atom. The summed E-state index contributed by atoms with van der Waals surface area (Å²) < 4.78 is 13.2. The first-order chi connectivity index (χ1) is 12.8. The third kappa shape index (κ3) is 3.04. The van der Waals surface area contributed by atoms with E-state index in [0.29, 0.717) is 5.56 Å². The molecule has 3 heterocycles. The molecular weight excluding hydrogens is 329 g/mol. The molecule has 0 aliphatic carbocycles. The van der Waals surface area contributed by atoms with E-state index in [0.717, 1.165) is 48.6 Å². The summed E-state index contributed by atoms with van der Waals surface area (Å²) in [5.74, 6) is 0.740. The summed E-state index contributed by atoms with van der Waals surface area (Å²) in [5, 5.41) is 16.7. The number of H-pyrrole nitrogens is 1. The number of hydrogen-bond acceptors (Lipinski definition) is 4. The molecule has 1 atom stereocenters. The maximum atomic E-state index is 13.2. The van der Waals surface area contributed by atoms with Crippen molar-refractivity contribution >= 4 is 5.82 Å².